The number of fused-ring (bicyclic) bond motifs is 1. The van der Waals surface area contributed by atoms with Crippen molar-refractivity contribution in [2.75, 3.05) is 13.9 Å². The molecule has 0 unspecified atom stereocenters. The van der Waals surface area contributed by atoms with E-state index >= 15 is 0 Å². The molecule has 1 aliphatic heterocycles. The van der Waals surface area contributed by atoms with Crippen molar-refractivity contribution in [2.45, 2.75) is 6.42 Å². The van der Waals surface area contributed by atoms with Gasteiger partial charge in [-0.2, -0.15) is 5.10 Å². The fourth-order valence-corrected chi connectivity index (χ4v) is 2.50. The van der Waals surface area contributed by atoms with Gasteiger partial charge in [-0.1, -0.05) is 17.7 Å². The van der Waals surface area contributed by atoms with Crippen molar-refractivity contribution in [1.82, 2.24) is 5.43 Å². The highest BCUT2D eigenvalue weighted by Gasteiger charge is 2.14. The molecule has 0 saturated carbocycles. The van der Waals surface area contributed by atoms with Crippen LogP contribution >= 0.6 is 11.6 Å². The number of amides is 1. The Bertz CT molecular complexity index is 838. The molecule has 1 heterocycles. The Kier molecular flexibility index (Phi) is 4.95. The summed E-state index contributed by atoms with van der Waals surface area (Å²) in [5.41, 5.74) is 3.79. The first-order chi connectivity index (χ1) is 12.1. The van der Waals surface area contributed by atoms with Gasteiger partial charge in [0.25, 0.3) is 0 Å². The normalized spacial score (nSPS) is 12.4. The van der Waals surface area contributed by atoms with E-state index in [9.17, 15) is 9.90 Å². The second-order valence-corrected chi connectivity index (χ2v) is 5.62. The molecule has 0 spiro atoms. The lowest BCUT2D eigenvalue weighted by molar-refractivity contribution is -0.120. The zero-order valence-electron chi connectivity index (χ0n) is 13.3. The highest BCUT2D eigenvalue weighted by Crippen LogP contribution is 2.34. The van der Waals surface area contributed by atoms with Crippen molar-refractivity contribution < 1.29 is 24.1 Å². The second kappa shape index (κ2) is 7.31. The van der Waals surface area contributed by atoms with Gasteiger partial charge in [-0.05, 0) is 35.4 Å². The molecule has 25 heavy (non-hydrogen) atoms. The number of phenols is 1. The molecule has 3 rings (SSSR count). The maximum absolute atomic E-state index is 12.0. The maximum atomic E-state index is 12.0. The lowest BCUT2D eigenvalue weighted by Gasteiger charge is -2.06. The van der Waals surface area contributed by atoms with E-state index in [2.05, 4.69) is 10.5 Å². The third-order valence-electron chi connectivity index (χ3n) is 3.48. The molecular weight excluding hydrogens is 348 g/mol. The highest BCUT2D eigenvalue weighted by atomic mass is 35.5. The lowest BCUT2D eigenvalue weighted by atomic mass is 10.1. The number of methoxy groups -OCH3 is 1. The lowest BCUT2D eigenvalue weighted by Crippen LogP contribution is -2.19. The highest BCUT2D eigenvalue weighted by molar-refractivity contribution is 6.32. The number of hydrogen-bond acceptors (Lipinski definition) is 6. The maximum Gasteiger partial charge on any atom is 0.244 e. The minimum Gasteiger partial charge on any atom is -0.503 e. The van der Waals surface area contributed by atoms with Crippen molar-refractivity contribution in [3.05, 3.63) is 46.5 Å². The summed E-state index contributed by atoms with van der Waals surface area (Å²) in [7, 11) is 1.42. The standard InChI is InChI=1S/C17H15ClN2O5/c1-23-15-6-11(4-12(18)17(15)22)8-19-20-16(21)7-10-2-3-13-14(5-10)25-9-24-13/h2-6,8,22H,7,9H2,1H3,(H,20,21)/b19-8+. The van der Waals surface area contributed by atoms with Crippen LogP contribution in [0.4, 0.5) is 0 Å². The third-order valence-corrected chi connectivity index (χ3v) is 3.76. The van der Waals surface area contributed by atoms with Crippen LogP contribution in [0.5, 0.6) is 23.0 Å². The number of ether oxygens (including phenoxy) is 3. The van der Waals surface area contributed by atoms with Gasteiger partial charge in [-0.3, -0.25) is 4.79 Å². The molecule has 0 fully saturated rings. The number of rotatable bonds is 5. The van der Waals surface area contributed by atoms with Gasteiger partial charge >= 0.3 is 0 Å². The summed E-state index contributed by atoms with van der Waals surface area (Å²) in [6, 6.07) is 8.37. The molecule has 8 heteroatoms. The van der Waals surface area contributed by atoms with Crippen molar-refractivity contribution in [3.63, 3.8) is 0 Å². The fraction of sp³-hybridized carbons (Fsp3) is 0.176. The smallest absolute Gasteiger partial charge is 0.244 e. The first-order valence-corrected chi connectivity index (χ1v) is 7.71. The predicted octanol–water partition coefficient (Wildman–Crippen LogP) is 2.48. The molecule has 130 valence electrons. The van der Waals surface area contributed by atoms with Crippen LogP contribution in [0, 0.1) is 0 Å². The van der Waals surface area contributed by atoms with Gasteiger partial charge in [-0.15, -0.1) is 0 Å². The molecule has 0 aromatic heterocycles. The van der Waals surface area contributed by atoms with Gasteiger partial charge in [-0.25, -0.2) is 5.43 Å². The van der Waals surface area contributed by atoms with E-state index in [0.29, 0.717) is 17.1 Å². The average Bonchev–Trinajstić information content (AvgIpc) is 3.05. The van der Waals surface area contributed by atoms with Crippen LogP contribution in [0.3, 0.4) is 0 Å². The molecule has 1 aliphatic rings. The SMILES string of the molecule is COc1cc(/C=N/NC(=O)Cc2ccc3c(c2)OCO3)cc(Cl)c1O. The molecule has 0 atom stereocenters. The Labute approximate surface area is 148 Å². The first kappa shape index (κ1) is 16.9. The Morgan fingerprint density at radius 3 is 2.96 bits per heavy atom. The van der Waals surface area contributed by atoms with Crippen molar-refractivity contribution in [3.8, 4) is 23.0 Å². The Hall–Kier alpha value is -2.93. The predicted molar refractivity (Wildman–Crippen MR) is 91.7 cm³/mol. The Balaban J connectivity index is 1.60. The van der Waals surface area contributed by atoms with Gasteiger partial charge in [0.2, 0.25) is 12.7 Å². The molecule has 2 N–H and O–H groups in total. The molecule has 0 aliphatic carbocycles. The van der Waals surface area contributed by atoms with Crippen molar-refractivity contribution in [1.29, 1.82) is 0 Å². The van der Waals surface area contributed by atoms with E-state index in [1.807, 2.05) is 0 Å². The molecule has 0 saturated heterocycles. The molecule has 2 aromatic rings. The van der Waals surface area contributed by atoms with Crippen LogP contribution in [-0.4, -0.2) is 31.1 Å². The number of nitrogens with one attached hydrogen (secondary N) is 1. The van der Waals surface area contributed by atoms with Gasteiger partial charge in [0.15, 0.2) is 23.0 Å². The minimum atomic E-state index is -0.285. The fourth-order valence-electron chi connectivity index (χ4n) is 2.28. The van der Waals surface area contributed by atoms with Crippen molar-refractivity contribution >= 4 is 23.7 Å². The number of carbonyl (C=O) groups is 1. The molecular formula is C17H15ClN2O5. The number of hydrogen-bond donors (Lipinski definition) is 2. The van der Waals surface area contributed by atoms with Crippen LogP contribution in [0.1, 0.15) is 11.1 Å². The summed E-state index contributed by atoms with van der Waals surface area (Å²) >= 11 is 5.89. The zero-order chi connectivity index (χ0) is 17.8. The topological polar surface area (TPSA) is 89.4 Å². The molecule has 0 radical (unpaired) electrons. The van der Waals surface area contributed by atoms with Crippen molar-refractivity contribution in [2.24, 2.45) is 5.10 Å². The number of nitrogens with zero attached hydrogens (tertiary/aromatic N) is 1. The van der Waals surface area contributed by atoms with E-state index in [1.165, 1.54) is 19.4 Å². The zero-order valence-corrected chi connectivity index (χ0v) is 14.0. The van der Waals surface area contributed by atoms with E-state index in [4.69, 9.17) is 25.8 Å². The van der Waals surface area contributed by atoms with E-state index in [1.54, 1.807) is 24.3 Å². The van der Waals surface area contributed by atoms with E-state index in [0.717, 1.165) is 5.56 Å². The Morgan fingerprint density at radius 1 is 1.36 bits per heavy atom. The van der Waals surface area contributed by atoms with E-state index < -0.39 is 0 Å². The van der Waals surface area contributed by atoms with Crippen LogP contribution < -0.4 is 19.6 Å². The average molecular weight is 363 g/mol. The number of benzene rings is 2. The summed E-state index contributed by atoms with van der Waals surface area (Å²) < 4.78 is 15.5. The van der Waals surface area contributed by atoms with Crippen LogP contribution in [0.15, 0.2) is 35.4 Å². The first-order valence-electron chi connectivity index (χ1n) is 7.34. The minimum absolute atomic E-state index is 0.132. The second-order valence-electron chi connectivity index (χ2n) is 5.21. The number of halogens is 1. The van der Waals surface area contributed by atoms with E-state index in [-0.39, 0.29) is 35.6 Å². The summed E-state index contributed by atoms with van der Waals surface area (Å²) in [4.78, 5) is 12.0. The summed E-state index contributed by atoms with van der Waals surface area (Å²) in [6.45, 7) is 0.188. The summed E-state index contributed by atoms with van der Waals surface area (Å²) in [6.07, 6.45) is 1.55. The Morgan fingerprint density at radius 2 is 2.16 bits per heavy atom. The van der Waals surface area contributed by atoms with Gasteiger partial charge in [0, 0.05) is 0 Å². The monoisotopic (exact) mass is 362 g/mol. The number of phenolic OH excluding ortho intramolecular Hbond substituents is 1. The van der Waals surface area contributed by atoms with Crippen LogP contribution in [-0.2, 0) is 11.2 Å². The van der Waals surface area contributed by atoms with Crippen LogP contribution in [0.2, 0.25) is 5.02 Å². The largest absolute Gasteiger partial charge is 0.503 e. The molecule has 1 amide bonds. The quantitative estimate of drug-likeness (QED) is 0.630. The summed E-state index contributed by atoms with van der Waals surface area (Å²) in [5.74, 6) is 1.08. The molecule has 0 bridgehead atoms. The number of carbonyl (C=O) groups excluding carboxylic acids is 1. The van der Waals surface area contributed by atoms with Gasteiger partial charge in [0.1, 0.15) is 0 Å². The molecule has 7 nitrogen and oxygen atoms in total. The summed E-state index contributed by atoms with van der Waals surface area (Å²) in [5, 5.41) is 13.7. The van der Waals surface area contributed by atoms with Gasteiger partial charge in [0.05, 0.1) is 24.8 Å². The number of hydrazone groups is 1. The molecule has 2 aromatic carbocycles. The van der Waals surface area contributed by atoms with Crippen LogP contribution in [0.25, 0.3) is 0 Å². The number of aromatic hydroxyl groups is 1. The third kappa shape index (κ3) is 3.95. The van der Waals surface area contributed by atoms with Gasteiger partial charge < -0.3 is 19.3 Å².